The summed E-state index contributed by atoms with van der Waals surface area (Å²) in [5.41, 5.74) is 0.287. The van der Waals surface area contributed by atoms with Gasteiger partial charge in [-0.25, -0.2) is 8.78 Å². The smallest absolute Gasteiger partial charge is 0.223 e. The summed E-state index contributed by atoms with van der Waals surface area (Å²) in [5, 5.41) is 9.89. The molecular formula is C17H18F2N4OS. The second-order valence-electron chi connectivity index (χ2n) is 6.68. The maximum atomic E-state index is 13.8. The van der Waals surface area contributed by atoms with Crippen LogP contribution >= 0.6 is 12.2 Å². The first-order valence-corrected chi connectivity index (χ1v) is 8.84. The second-order valence-corrected chi connectivity index (χ2v) is 7.07. The fourth-order valence-corrected chi connectivity index (χ4v) is 3.59. The van der Waals surface area contributed by atoms with Gasteiger partial charge in [-0.2, -0.15) is 5.10 Å². The van der Waals surface area contributed by atoms with Gasteiger partial charge in [0.25, 0.3) is 0 Å². The van der Waals surface area contributed by atoms with Gasteiger partial charge in [0.15, 0.2) is 16.4 Å². The van der Waals surface area contributed by atoms with Crippen molar-refractivity contribution >= 4 is 18.1 Å². The van der Waals surface area contributed by atoms with E-state index in [4.69, 9.17) is 12.2 Å². The molecule has 25 heavy (non-hydrogen) atoms. The van der Waals surface area contributed by atoms with Crippen molar-refractivity contribution in [2.24, 2.45) is 5.92 Å². The lowest BCUT2D eigenvalue weighted by Gasteiger charge is -2.07. The molecule has 0 aliphatic heterocycles. The van der Waals surface area contributed by atoms with E-state index < -0.39 is 11.6 Å². The average Bonchev–Trinajstić information content (AvgIpc) is 3.50. The van der Waals surface area contributed by atoms with Gasteiger partial charge < -0.3 is 9.88 Å². The molecule has 1 aromatic heterocycles. The largest absolute Gasteiger partial charge is 0.355 e. The third-order valence-corrected chi connectivity index (χ3v) is 5.13. The molecule has 2 aliphatic carbocycles. The highest BCUT2D eigenvalue weighted by Gasteiger charge is 2.45. The molecule has 4 rings (SSSR count). The Balaban J connectivity index is 1.32. The molecule has 1 aromatic carbocycles. The van der Waals surface area contributed by atoms with E-state index in [-0.39, 0.29) is 23.3 Å². The molecule has 2 saturated carbocycles. The van der Waals surface area contributed by atoms with Gasteiger partial charge in [-0.05, 0) is 49.0 Å². The predicted molar refractivity (Wildman–Crippen MR) is 89.6 cm³/mol. The van der Waals surface area contributed by atoms with Gasteiger partial charge >= 0.3 is 0 Å². The molecule has 2 fully saturated rings. The van der Waals surface area contributed by atoms with Crippen LogP contribution in [0.25, 0.3) is 0 Å². The average molecular weight is 364 g/mol. The SMILES string of the molecule is O=C(NCCc1n[nH]c(=S)n1C1CC1)C1CC1c1cccc(F)c1F. The zero-order chi connectivity index (χ0) is 17.6. The lowest BCUT2D eigenvalue weighted by atomic mass is 10.1. The summed E-state index contributed by atoms with van der Waals surface area (Å²) in [6.45, 7) is 0.444. The number of hydrogen-bond acceptors (Lipinski definition) is 3. The van der Waals surface area contributed by atoms with Gasteiger partial charge in [0.2, 0.25) is 5.91 Å². The molecule has 5 nitrogen and oxygen atoms in total. The summed E-state index contributed by atoms with van der Waals surface area (Å²) in [6.07, 6.45) is 3.35. The van der Waals surface area contributed by atoms with Gasteiger partial charge in [0.1, 0.15) is 5.82 Å². The summed E-state index contributed by atoms with van der Waals surface area (Å²) in [4.78, 5) is 12.2. The Morgan fingerprint density at radius 2 is 2.20 bits per heavy atom. The molecular weight excluding hydrogens is 346 g/mol. The van der Waals surface area contributed by atoms with Crippen LogP contribution in [0.1, 0.15) is 42.6 Å². The van der Waals surface area contributed by atoms with Crippen LogP contribution in [-0.2, 0) is 11.2 Å². The molecule has 0 spiro atoms. The van der Waals surface area contributed by atoms with Gasteiger partial charge in [-0.1, -0.05) is 12.1 Å². The number of nitrogens with zero attached hydrogens (tertiary/aromatic N) is 2. The summed E-state index contributed by atoms with van der Waals surface area (Å²) in [6, 6.07) is 4.54. The van der Waals surface area contributed by atoms with E-state index in [1.807, 2.05) is 4.57 Å². The Hall–Kier alpha value is -2.09. The summed E-state index contributed by atoms with van der Waals surface area (Å²) in [7, 11) is 0. The van der Waals surface area contributed by atoms with Gasteiger partial charge in [0.05, 0.1) is 0 Å². The van der Waals surface area contributed by atoms with Crippen molar-refractivity contribution in [3.63, 3.8) is 0 Å². The van der Waals surface area contributed by atoms with Crippen molar-refractivity contribution in [3.8, 4) is 0 Å². The molecule has 132 valence electrons. The Bertz CT molecular complexity index is 874. The Morgan fingerprint density at radius 1 is 1.40 bits per heavy atom. The van der Waals surface area contributed by atoms with Crippen LogP contribution in [0.4, 0.5) is 8.78 Å². The van der Waals surface area contributed by atoms with Gasteiger partial charge in [-0.3, -0.25) is 9.89 Å². The van der Waals surface area contributed by atoms with Crippen molar-refractivity contribution < 1.29 is 13.6 Å². The quantitative estimate of drug-likeness (QED) is 0.775. The molecule has 2 unspecified atom stereocenters. The van der Waals surface area contributed by atoms with Crippen LogP contribution in [0.2, 0.25) is 0 Å². The number of rotatable bonds is 6. The molecule has 1 amide bonds. The van der Waals surface area contributed by atoms with Crippen molar-refractivity contribution in [2.45, 2.75) is 37.6 Å². The summed E-state index contributed by atoms with van der Waals surface area (Å²) >= 11 is 5.23. The topological polar surface area (TPSA) is 62.7 Å². The number of H-pyrrole nitrogens is 1. The van der Waals surface area contributed by atoms with Crippen LogP contribution < -0.4 is 5.32 Å². The number of carbonyl (C=O) groups is 1. The Labute approximate surface area is 148 Å². The van der Waals surface area contributed by atoms with E-state index in [2.05, 4.69) is 15.5 Å². The molecule has 2 aliphatic rings. The first-order chi connectivity index (χ1) is 12.1. The number of hydrogen-bond donors (Lipinski definition) is 2. The highest BCUT2D eigenvalue weighted by molar-refractivity contribution is 7.71. The molecule has 2 aromatic rings. The van der Waals surface area contributed by atoms with Gasteiger partial charge in [-0.15, -0.1) is 0 Å². The second kappa shape index (κ2) is 6.33. The van der Waals surface area contributed by atoms with Gasteiger partial charge in [0, 0.05) is 24.9 Å². The lowest BCUT2D eigenvalue weighted by Crippen LogP contribution is -2.28. The van der Waals surface area contributed by atoms with Crippen LogP contribution in [0.3, 0.4) is 0 Å². The minimum atomic E-state index is -0.869. The maximum absolute atomic E-state index is 13.8. The van der Waals surface area contributed by atoms with E-state index >= 15 is 0 Å². The molecule has 2 atom stereocenters. The highest BCUT2D eigenvalue weighted by Crippen LogP contribution is 2.48. The zero-order valence-corrected chi connectivity index (χ0v) is 14.3. The van der Waals surface area contributed by atoms with E-state index in [0.29, 0.717) is 30.2 Å². The van der Waals surface area contributed by atoms with E-state index in [9.17, 15) is 13.6 Å². The monoisotopic (exact) mass is 364 g/mol. The fraction of sp³-hybridized carbons (Fsp3) is 0.471. The number of nitrogens with one attached hydrogen (secondary N) is 2. The van der Waals surface area contributed by atoms with Crippen molar-refractivity contribution in [3.05, 3.63) is 46.0 Å². The van der Waals surface area contributed by atoms with Crippen LogP contribution in [-0.4, -0.2) is 27.2 Å². The molecule has 0 bridgehead atoms. The van der Waals surface area contributed by atoms with E-state index in [1.165, 1.54) is 6.07 Å². The lowest BCUT2D eigenvalue weighted by molar-refractivity contribution is -0.122. The highest BCUT2D eigenvalue weighted by atomic mass is 32.1. The molecule has 0 radical (unpaired) electrons. The Morgan fingerprint density at radius 3 is 2.96 bits per heavy atom. The standard InChI is InChI=1S/C17H18F2N4OS/c18-13-3-1-2-10(15(13)19)11-8-12(11)16(24)20-7-6-14-21-22-17(25)23(14)9-4-5-9/h1-3,9,11-12H,4-8H2,(H,20,24)(H,22,25). The number of aromatic nitrogens is 3. The fourth-order valence-electron chi connectivity index (χ4n) is 3.29. The van der Waals surface area contributed by atoms with Crippen LogP contribution in [0, 0.1) is 22.3 Å². The molecule has 2 N–H and O–H groups in total. The maximum Gasteiger partial charge on any atom is 0.223 e. The number of halogens is 2. The number of amides is 1. The summed E-state index contributed by atoms with van der Waals surface area (Å²) in [5.74, 6) is -1.52. The zero-order valence-electron chi connectivity index (χ0n) is 13.5. The minimum absolute atomic E-state index is 0.124. The molecule has 1 heterocycles. The van der Waals surface area contributed by atoms with Crippen molar-refractivity contribution in [2.75, 3.05) is 6.54 Å². The summed E-state index contributed by atoms with van der Waals surface area (Å²) < 4.78 is 29.7. The number of benzene rings is 1. The third kappa shape index (κ3) is 3.22. The third-order valence-electron chi connectivity index (χ3n) is 4.85. The number of aromatic amines is 1. The van der Waals surface area contributed by atoms with Crippen molar-refractivity contribution in [1.29, 1.82) is 0 Å². The first-order valence-electron chi connectivity index (χ1n) is 8.43. The van der Waals surface area contributed by atoms with Crippen LogP contribution in [0.15, 0.2) is 18.2 Å². The first kappa shape index (κ1) is 16.4. The predicted octanol–water partition coefficient (Wildman–Crippen LogP) is 3.02. The minimum Gasteiger partial charge on any atom is -0.355 e. The van der Waals surface area contributed by atoms with Crippen molar-refractivity contribution in [1.82, 2.24) is 20.1 Å². The van der Waals surface area contributed by atoms with Crippen LogP contribution in [0.5, 0.6) is 0 Å². The van der Waals surface area contributed by atoms with E-state index in [1.54, 1.807) is 6.07 Å². The Kier molecular flexibility index (Phi) is 4.15. The molecule has 8 heteroatoms. The number of carbonyl (C=O) groups excluding carboxylic acids is 1. The van der Waals surface area contributed by atoms with E-state index in [0.717, 1.165) is 24.7 Å². The normalized spacial score (nSPS) is 22.0. The molecule has 0 saturated heterocycles.